The van der Waals surface area contributed by atoms with Crippen LogP contribution in [-0.2, 0) is 6.54 Å². The van der Waals surface area contributed by atoms with Crippen molar-refractivity contribution in [3.8, 4) is 6.07 Å². The largest absolute Gasteiger partial charge is 0.294 e. The summed E-state index contributed by atoms with van der Waals surface area (Å²) < 4.78 is 0. The van der Waals surface area contributed by atoms with Crippen LogP contribution in [0.1, 0.15) is 18.4 Å². The first kappa shape index (κ1) is 11.4. The fourth-order valence-electron chi connectivity index (χ4n) is 1.85. The van der Waals surface area contributed by atoms with E-state index in [1.54, 1.807) is 0 Å². The van der Waals surface area contributed by atoms with Gasteiger partial charge in [-0.2, -0.15) is 5.26 Å². The molecule has 0 radical (unpaired) electrons. The van der Waals surface area contributed by atoms with Crippen LogP contribution in [0.5, 0.6) is 0 Å². The van der Waals surface area contributed by atoms with Crippen molar-refractivity contribution in [2.45, 2.75) is 30.8 Å². The molecule has 1 fully saturated rings. The second-order valence-corrected chi connectivity index (χ2v) is 4.77. The van der Waals surface area contributed by atoms with Crippen LogP contribution in [0.25, 0.3) is 0 Å². The minimum absolute atomic E-state index is 0.399. The van der Waals surface area contributed by atoms with Crippen LogP contribution in [0.3, 0.4) is 0 Å². The van der Waals surface area contributed by atoms with Crippen LogP contribution in [0.2, 0.25) is 0 Å². The summed E-state index contributed by atoms with van der Waals surface area (Å²) in [7, 11) is 0. The molecule has 0 aliphatic heterocycles. The molecule has 0 amide bonds. The Bertz CT molecular complexity index is 367. The van der Waals surface area contributed by atoms with Crippen molar-refractivity contribution in [2.24, 2.45) is 0 Å². The van der Waals surface area contributed by atoms with Crippen LogP contribution in [0.15, 0.2) is 30.3 Å². The van der Waals surface area contributed by atoms with Crippen LogP contribution in [0.4, 0.5) is 0 Å². The summed E-state index contributed by atoms with van der Waals surface area (Å²) in [6, 6.07) is 13.1. The molecule has 0 saturated heterocycles. The number of hydrogen-bond acceptors (Lipinski definition) is 2. The lowest BCUT2D eigenvalue weighted by atomic mass is 10.2. The molecule has 1 atom stereocenters. The van der Waals surface area contributed by atoms with Gasteiger partial charge in [-0.3, -0.25) is 4.90 Å². The average Bonchev–Trinajstić information content (AvgIpc) is 3.13. The van der Waals surface area contributed by atoms with Gasteiger partial charge in [0.1, 0.15) is 5.38 Å². The minimum Gasteiger partial charge on any atom is -0.294 e. The third kappa shape index (κ3) is 3.23. The Balaban J connectivity index is 1.96. The normalized spacial score (nSPS) is 17.1. The second-order valence-electron chi connectivity index (χ2n) is 4.24. The van der Waals surface area contributed by atoms with Crippen LogP contribution in [0, 0.1) is 11.3 Å². The van der Waals surface area contributed by atoms with Gasteiger partial charge in [0.15, 0.2) is 0 Å². The highest BCUT2D eigenvalue weighted by molar-refractivity contribution is 6.22. The molecule has 1 aliphatic rings. The first-order valence-corrected chi connectivity index (χ1v) is 6.05. The van der Waals surface area contributed by atoms with Crippen LogP contribution >= 0.6 is 11.6 Å². The van der Waals surface area contributed by atoms with Crippen molar-refractivity contribution >= 4 is 11.6 Å². The maximum Gasteiger partial charge on any atom is 0.133 e. The first-order valence-electron chi connectivity index (χ1n) is 5.61. The lowest BCUT2D eigenvalue weighted by molar-refractivity contribution is 0.262. The quantitative estimate of drug-likeness (QED) is 0.733. The summed E-state index contributed by atoms with van der Waals surface area (Å²) in [6.07, 6.45) is 2.48. The zero-order chi connectivity index (χ0) is 11.4. The van der Waals surface area contributed by atoms with E-state index in [2.05, 4.69) is 23.1 Å². The van der Waals surface area contributed by atoms with Crippen molar-refractivity contribution < 1.29 is 0 Å². The van der Waals surface area contributed by atoms with E-state index < -0.39 is 5.38 Å². The van der Waals surface area contributed by atoms with Crippen molar-refractivity contribution in [3.63, 3.8) is 0 Å². The number of hydrogen-bond donors (Lipinski definition) is 0. The molecule has 0 bridgehead atoms. The van der Waals surface area contributed by atoms with Gasteiger partial charge in [-0.05, 0) is 18.4 Å². The number of nitrogens with zero attached hydrogens (tertiary/aromatic N) is 2. The molecule has 1 aromatic carbocycles. The Morgan fingerprint density at radius 1 is 1.38 bits per heavy atom. The molecule has 2 rings (SSSR count). The lowest BCUT2D eigenvalue weighted by Gasteiger charge is -2.22. The molecule has 16 heavy (non-hydrogen) atoms. The van der Waals surface area contributed by atoms with Gasteiger partial charge in [0.25, 0.3) is 0 Å². The minimum atomic E-state index is -0.399. The summed E-state index contributed by atoms with van der Waals surface area (Å²) >= 11 is 5.90. The SMILES string of the molecule is N#CC(Cl)CN(Cc1ccccc1)C1CC1. The molecule has 0 spiro atoms. The van der Waals surface area contributed by atoms with Crippen LogP contribution in [-0.4, -0.2) is 22.9 Å². The molecule has 1 saturated carbocycles. The maximum atomic E-state index is 8.74. The number of rotatable bonds is 5. The highest BCUT2D eigenvalue weighted by atomic mass is 35.5. The van der Waals surface area contributed by atoms with Gasteiger partial charge in [-0.15, -0.1) is 11.6 Å². The molecule has 1 unspecified atom stereocenters. The molecular formula is C13H15ClN2. The van der Waals surface area contributed by atoms with E-state index >= 15 is 0 Å². The molecule has 3 heteroatoms. The van der Waals surface area contributed by atoms with E-state index in [4.69, 9.17) is 16.9 Å². The van der Waals surface area contributed by atoms with Gasteiger partial charge >= 0.3 is 0 Å². The van der Waals surface area contributed by atoms with Crippen molar-refractivity contribution in [3.05, 3.63) is 35.9 Å². The van der Waals surface area contributed by atoms with E-state index in [0.29, 0.717) is 12.6 Å². The van der Waals surface area contributed by atoms with Crippen molar-refractivity contribution in [2.75, 3.05) is 6.54 Å². The van der Waals surface area contributed by atoms with Gasteiger partial charge in [0, 0.05) is 19.1 Å². The number of benzene rings is 1. The van der Waals surface area contributed by atoms with Gasteiger partial charge in [-0.1, -0.05) is 30.3 Å². The standard InChI is InChI=1S/C13H15ClN2/c14-12(8-15)10-16(13-6-7-13)9-11-4-2-1-3-5-11/h1-5,12-13H,6-7,9-10H2. The molecule has 0 N–H and O–H groups in total. The maximum absolute atomic E-state index is 8.74. The number of alkyl halides is 1. The molecule has 0 heterocycles. The number of halogens is 1. The summed E-state index contributed by atoms with van der Waals surface area (Å²) in [6.45, 7) is 1.56. The summed E-state index contributed by atoms with van der Waals surface area (Å²) in [5.74, 6) is 0. The Hall–Kier alpha value is -1.04. The monoisotopic (exact) mass is 234 g/mol. The molecule has 2 nitrogen and oxygen atoms in total. The van der Waals surface area contributed by atoms with Gasteiger partial charge in [0.05, 0.1) is 6.07 Å². The average molecular weight is 235 g/mol. The highest BCUT2D eigenvalue weighted by Gasteiger charge is 2.30. The molecular weight excluding hydrogens is 220 g/mol. The summed E-state index contributed by atoms with van der Waals surface area (Å²) in [5.41, 5.74) is 1.29. The number of nitriles is 1. The third-order valence-electron chi connectivity index (χ3n) is 2.83. The predicted molar refractivity (Wildman–Crippen MR) is 65.1 cm³/mol. The van der Waals surface area contributed by atoms with E-state index in [0.717, 1.165) is 6.54 Å². The van der Waals surface area contributed by atoms with Crippen molar-refractivity contribution in [1.29, 1.82) is 5.26 Å². The van der Waals surface area contributed by atoms with Gasteiger partial charge in [-0.25, -0.2) is 0 Å². The fraction of sp³-hybridized carbons (Fsp3) is 0.462. The Labute approximate surface area is 101 Å². The third-order valence-corrected chi connectivity index (χ3v) is 3.06. The summed E-state index contributed by atoms with van der Waals surface area (Å²) in [4.78, 5) is 2.32. The van der Waals surface area contributed by atoms with E-state index in [-0.39, 0.29) is 0 Å². The Kier molecular flexibility index (Phi) is 3.82. The zero-order valence-corrected chi connectivity index (χ0v) is 9.90. The molecule has 1 aromatic rings. The molecule has 1 aliphatic carbocycles. The Morgan fingerprint density at radius 3 is 2.62 bits per heavy atom. The fourth-order valence-corrected chi connectivity index (χ4v) is 2.02. The van der Waals surface area contributed by atoms with Crippen molar-refractivity contribution in [1.82, 2.24) is 4.90 Å². The first-order chi connectivity index (χ1) is 7.79. The van der Waals surface area contributed by atoms with E-state index in [1.807, 2.05) is 18.2 Å². The predicted octanol–water partition coefficient (Wildman–Crippen LogP) is 2.78. The molecule has 84 valence electrons. The zero-order valence-electron chi connectivity index (χ0n) is 9.14. The Morgan fingerprint density at radius 2 is 2.06 bits per heavy atom. The lowest BCUT2D eigenvalue weighted by Crippen LogP contribution is -2.31. The summed E-state index contributed by atoms with van der Waals surface area (Å²) in [5, 5.41) is 8.34. The van der Waals surface area contributed by atoms with E-state index in [1.165, 1.54) is 18.4 Å². The smallest absolute Gasteiger partial charge is 0.133 e. The van der Waals surface area contributed by atoms with Gasteiger partial charge < -0.3 is 0 Å². The molecule has 0 aromatic heterocycles. The second kappa shape index (κ2) is 5.34. The van der Waals surface area contributed by atoms with E-state index in [9.17, 15) is 0 Å². The van der Waals surface area contributed by atoms with Gasteiger partial charge in [0.2, 0.25) is 0 Å². The van der Waals surface area contributed by atoms with Crippen LogP contribution < -0.4 is 0 Å². The highest BCUT2D eigenvalue weighted by Crippen LogP contribution is 2.28. The topological polar surface area (TPSA) is 27.0 Å².